The van der Waals surface area contributed by atoms with Crippen molar-refractivity contribution < 1.29 is 4.74 Å². The fourth-order valence-corrected chi connectivity index (χ4v) is 2.98. The van der Waals surface area contributed by atoms with Gasteiger partial charge in [0, 0.05) is 6.61 Å². The van der Waals surface area contributed by atoms with Gasteiger partial charge in [0.05, 0.1) is 6.10 Å². The molecule has 0 spiro atoms. The Balaban J connectivity index is 3.10. The molecule has 0 unspecified atom stereocenters. The van der Waals surface area contributed by atoms with Crippen molar-refractivity contribution in [3.05, 3.63) is 0 Å². The maximum atomic E-state index is 5.92. The van der Waals surface area contributed by atoms with Gasteiger partial charge in [-0.25, -0.2) is 0 Å². The van der Waals surface area contributed by atoms with E-state index in [0.29, 0.717) is 6.10 Å². The maximum absolute atomic E-state index is 5.92. The van der Waals surface area contributed by atoms with E-state index in [9.17, 15) is 0 Å². The molecule has 0 aliphatic carbocycles. The van der Waals surface area contributed by atoms with Crippen LogP contribution in [0.1, 0.15) is 131 Å². The summed E-state index contributed by atoms with van der Waals surface area (Å²) in [7, 11) is 0. The second kappa shape index (κ2) is 16.4. The topological polar surface area (TPSA) is 9.23 Å². The molecule has 0 amide bonds. The van der Waals surface area contributed by atoms with Crippen molar-refractivity contribution in [3.63, 3.8) is 0 Å². The van der Waals surface area contributed by atoms with Crippen LogP contribution in [0.3, 0.4) is 0 Å². The lowest BCUT2D eigenvalue weighted by Crippen LogP contribution is -2.26. The Hall–Kier alpha value is -0.0400. The first kappa shape index (κ1) is 24.0. The molecule has 24 heavy (non-hydrogen) atoms. The predicted molar refractivity (Wildman–Crippen MR) is 110 cm³/mol. The Morgan fingerprint density at radius 3 is 1.25 bits per heavy atom. The maximum Gasteiger partial charge on any atom is 0.0595 e. The highest BCUT2D eigenvalue weighted by Gasteiger charge is 2.19. The molecule has 0 rings (SSSR count). The minimum Gasteiger partial charge on any atom is -0.378 e. The SMILES string of the molecule is CCCCCCCCCCCCCCCCCO[C@@H](C)C(C)(C)C. The van der Waals surface area contributed by atoms with Crippen LogP contribution in [-0.2, 0) is 4.74 Å². The van der Waals surface area contributed by atoms with E-state index in [1.54, 1.807) is 0 Å². The molecule has 146 valence electrons. The zero-order valence-corrected chi connectivity index (χ0v) is 17.8. The van der Waals surface area contributed by atoms with Crippen molar-refractivity contribution >= 4 is 0 Å². The first-order chi connectivity index (χ1) is 11.5. The van der Waals surface area contributed by atoms with Crippen LogP contribution in [0.2, 0.25) is 0 Å². The van der Waals surface area contributed by atoms with E-state index < -0.39 is 0 Å². The van der Waals surface area contributed by atoms with Crippen LogP contribution >= 0.6 is 0 Å². The molecule has 1 nitrogen and oxygen atoms in total. The largest absolute Gasteiger partial charge is 0.378 e. The quantitative estimate of drug-likeness (QED) is 0.242. The Labute approximate surface area is 154 Å². The van der Waals surface area contributed by atoms with Crippen LogP contribution < -0.4 is 0 Å². The Bertz CT molecular complexity index is 241. The van der Waals surface area contributed by atoms with E-state index in [2.05, 4.69) is 34.6 Å². The predicted octanol–water partition coefficient (Wildman–Crippen LogP) is 8.31. The number of hydrogen-bond acceptors (Lipinski definition) is 1. The van der Waals surface area contributed by atoms with Gasteiger partial charge >= 0.3 is 0 Å². The second-order valence-electron chi connectivity index (χ2n) is 8.83. The Kier molecular flexibility index (Phi) is 16.4. The summed E-state index contributed by atoms with van der Waals surface area (Å²) in [5.41, 5.74) is 0.273. The van der Waals surface area contributed by atoms with Crippen LogP contribution in [0.5, 0.6) is 0 Å². The highest BCUT2D eigenvalue weighted by atomic mass is 16.5. The molecule has 0 aliphatic rings. The van der Waals surface area contributed by atoms with E-state index in [4.69, 9.17) is 4.74 Å². The van der Waals surface area contributed by atoms with Gasteiger partial charge in [-0.1, -0.05) is 118 Å². The number of ether oxygens (including phenoxy) is 1. The molecule has 0 fully saturated rings. The van der Waals surface area contributed by atoms with Crippen molar-refractivity contribution in [3.8, 4) is 0 Å². The van der Waals surface area contributed by atoms with Gasteiger partial charge in [0.2, 0.25) is 0 Å². The molecule has 0 aliphatic heterocycles. The molecule has 0 aromatic rings. The molecule has 0 heterocycles. The van der Waals surface area contributed by atoms with Crippen LogP contribution in [-0.4, -0.2) is 12.7 Å². The molecule has 0 saturated heterocycles. The van der Waals surface area contributed by atoms with Gasteiger partial charge in [-0.2, -0.15) is 0 Å². The summed E-state index contributed by atoms with van der Waals surface area (Å²) in [5.74, 6) is 0. The van der Waals surface area contributed by atoms with E-state index >= 15 is 0 Å². The van der Waals surface area contributed by atoms with Crippen molar-refractivity contribution in [2.24, 2.45) is 5.41 Å². The molecule has 0 bridgehead atoms. The fraction of sp³-hybridized carbons (Fsp3) is 1.00. The third-order valence-electron chi connectivity index (χ3n) is 5.34. The van der Waals surface area contributed by atoms with E-state index in [-0.39, 0.29) is 5.41 Å². The molecule has 1 heteroatoms. The summed E-state index contributed by atoms with van der Waals surface area (Å²) in [4.78, 5) is 0. The van der Waals surface area contributed by atoms with E-state index in [1.807, 2.05) is 0 Å². The molecule has 0 N–H and O–H groups in total. The Morgan fingerprint density at radius 2 is 0.917 bits per heavy atom. The van der Waals surface area contributed by atoms with Gasteiger partial charge in [0.25, 0.3) is 0 Å². The van der Waals surface area contributed by atoms with Crippen LogP contribution in [0, 0.1) is 5.41 Å². The number of hydrogen-bond donors (Lipinski definition) is 0. The molecule has 0 radical (unpaired) electrons. The van der Waals surface area contributed by atoms with Crippen molar-refractivity contribution in [2.75, 3.05) is 6.61 Å². The standard InChI is InChI=1S/C23H48O/c1-6-7-8-9-10-11-12-13-14-15-16-17-18-19-20-21-24-22(2)23(3,4)5/h22H,6-21H2,1-5H3/t22-/m0/s1. The molecule has 0 saturated carbocycles. The van der Waals surface area contributed by atoms with Gasteiger partial charge < -0.3 is 4.74 Å². The van der Waals surface area contributed by atoms with Crippen LogP contribution in [0.25, 0.3) is 0 Å². The monoisotopic (exact) mass is 340 g/mol. The molecular weight excluding hydrogens is 292 g/mol. The summed E-state index contributed by atoms with van der Waals surface area (Å²) in [6, 6.07) is 0. The highest BCUT2D eigenvalue weighted by molar-refractivity contribution is 4.69. The summed E-state index contributed by atoms with van der Waals surface area (Å²) in [6.07, 6.45) is 21.7. The molecule has 0 aromatic carbocycles. The lowest BCUT2D eigenvalue weighted by molar-refractivity contribution is -0.00643. The minimum atomic E-state index is 0.273. The lowest BCUT2D eigenvalue weighted by atomic mass is 9.90. The summed E-state index contributed by atoms with van der Waals surface area (Å²) in [6.45, 7) is 12.2. The van der Waals surface area contributed by atoms with Gasteiger partial charge in [-0.05, 0) is 18.8 Å². The smallest absolute Gasteiger partial charge is 0.0595 e. The Morgan fingerprint density at radius 1 is 0.583 bits per heavy atom. The summed E-state index contributed by atoms with van der Waals surface area (Å²) < 4.78 is 5.92. The third kappa shape index (κ3) is 16.8. The number of unbranched alkanes of at least 4 members (excludes halogenated alkanes) is 14. The fourth-order valence-electron chi connectivity index (χ4n) is 2.98. The van der Waals surface area contributed by atoms with Gasteiger partial charge in [-0.3, -0.25) is 0 Å². The van der Waals surface area contributed by atoms with Gasteiger partial charge in [0.1, 0.15) is 0 Å². The first-order valence-corrected chi connectivity index (χ1v) is 11.1. The minimum absolute atomic E-state index is 0.273. The lowest BCUT2D eigenvalue weighted by Gasteiger charge is -2.27. The molecular formula is C23H48O. The average Bonchev–Trinajstić information content (AvgIpc) is 2.53. The summed E-state index contributed by atoms with van der Waals surface area (Å²) in [5, 5.41) is 0. The van der Waals surface area contributed by atoms with Crippen molar-refractivity contribution in [1.82, 2.24) is 0 Å². The highest BCUT2D eigenvalue weighted by Crippen LogP contribution is 2.22. The van der Waals surface area contributed by atoms with E-state index in [0.717, 1.165) is 6.61 Å². The zero-order chi connectivity index (χ0) is 18.1. The van der Waals surface area contributed by atoms with Gasteiger partial charge in [0.15, 0.2) is 0 Å². The average molecular weight is 341 g/mol. The zero-order valence-electron chi connectivity index (χ0n) is 17.8. The number of rotatable bonds is 17. The van der Waals surface area contributed by atoms with Crippen molar-refractivity contribution in [2.45, 2.75) is 137 Å². The van der Waals surface area contributed by atoms with Crippen molar-refractivity contribution in [1.29, 1.82) is 0 Å². The third-order valence-corrected chi connectivity index (χ3v) is 5.34. The normalized spacial score (nSPS) is 13.4. The summed E-state index contributed by atoms with van der Waals surface area (Å²) >= 11 is 0. The van der Waals surface area contributed by atoms with E-state index in [1.165, 1.54) is 96.3 Å². The molecule has 0 aromatic heterocycles. The van der Waals surface area contributed by atoms with Crippen LogP contribution in [0.4, 0.5) is 0 Å². The van der Waals surface area contributed by atoms with Crippen LogP contribution in [0.15, 0.2) is 0 Å². The van der Waals surface area contributed by atoms with Gasteiger partial charge in [-0.15, -0.1) is 0 Å². The second-order valence-corrected chi connectivity index (χ2v) is 8.83. The first-order valence-electron chi connectivity index (χ1n) is 11.1. The molecule has 1 atom stereocenters.